The molecule has 15 heavy (non-hydrogen) atoms. The smallest absolute Gasteiger partial charge is 0.302 e. The van der Waals surface area contributed by atoms with E-state index in [1.54, 1.807) is 11.8 Å². The van der Waals surface area contributed by atoms with E-state index in [0.717, 1.165) is 14.0 Å². The SMILES string of the molecule is CSc1cc(I)c(COC(C)=O)cc1Cl. The fourth-order valence-corrected chi connectivity index (χ4v) is 2.76. The van der Waals surface area contributed by atoms with Crippen molar-refractivity contribution >= 4 is 51.9 Å². The van der Waals surface area contributed by atoms with Crippen LogP contribution in [0.5, 0.6) is 0 Å². The zero-order chi connectivity index (χ0) is 11.4. The molecular formula is C10H10ClIO2S. The molecule has 0 aliphatic rings. The molecule has 5 heteroatoms. The van der Waals surface area contributed by atoms with E-state index in [9.17, 15) is 4.79 Å². The molecule has 1 rings (SSSR count). The number of hydrogen-bond acceptors (Lipinski definition) is 3. The summed E-state index contributed by atoms with van der Waals surface area (Å²) in [5.41, 5.74) is 0.939. The molecule has 0 saturated carbocycles. The average Bonchev–Trinajstić information content (AvgIpc) is 2.18. The van der Waals surface area contributed by atoms with Gasteiger partial charge in [0.2, 0.25) is 0 Å². The normalized spacial score (nSPS) is 10.1. The van der Waals surface area contributed by atoms with Gasteiger partial charge in [0.25, 0.3) is 0 Å². The van der Waals surface area contributed by atoms with Gasteiger partial charge in [0, 0.05) is 21.0 Å². The lowest BCUT2D eigenvalue weighted by atomic mass is 10.2. The van der Waals surface area contributed by atoms with Crippen LogP contribution in [0.3, 0.4) is 0 Å². The Morgan fingerprint density at radius 1 is 1.60 bits per heavy atom. The van der Waals surface area contributed by atoms with Crippen molar-refractivity contribution in [2.24, 2.45) is 0 Å². The highest BCUT2D eigenvalue weighted by molar-refractivity contribution is 14.1. The summed E-state index contributed by atoms with van der Waals surface area (Å²) in [5.74, 6) is -0.282. The molecular weight excluding hydrogens is 347 g/mol. The molecule has 1 aromatic carbocycles. The lowest BCUT2D eigenvalue weighted by molar-refractivity contribution is -0.142. The molecule has 0 spiro atoms. The van der Waals surface area contributed by atoms with Crippen molar-refractivity contribution in [1.82, 2.24) is 0 Å². The minimum absolute atomic E-state index is 0.280. The summed E-state index contributed by atoms with van der Waals surface area (Å²) < 4.78 is 5.99. The third-order valence-electron chi connectivity index (χ3n) is 1.75. The van der Waals surface area contributed by atoms with E-state index in [4.69, 9.17) is 16.3 Å². The maximum absolute atomic E-state index is 10.7. The number of benzene rings is 1. The van der Waals surface area contributed by atoms with Crippen LogP contribution in [-0.4, -0.2) is 12.2 Å². The zero-order valence-corrected chi connectivity index (χ0v) is 12.1. The third-order valence-corrected chi connectivity index (χ3v) is 3.96. The number of halogens is 2. The van der Waals surface area contributed by atoms with Gasteiger partial charge >= 0.3 is 5.97 Å². The Labute approximate surface area is 112 Å². The summed E-state index contributed by atoms with van der Waals surface area (Å²) in [6.45, 7) is 1.67. The average molecular weight is 357 g/mol. The van der Waals surface area contributed by atoms with Crippen LogP contribution in [0.2, 0.25) is 5.02 Å². The summed E-state index contributed by atoms with van der Waals surface area (Å²) in [7, 11) is 0. The summed E-state index contributed by atoms with van der Waals surface area (Å²) in [6.07, 6.45) is 1.98. The molecule has 2 nitrogen and oxygen atoms in total. The molecule has 0 atom stereocenters. The summed E-state index contributed by atoms with van der Waals surface area (Å²) in [4.78, 5) is 11.7. The standard InChI is InChI=1S/C10H10ClIO2S/c1-6(13)14-5-7-3-8(11)10(15-2)4-9(7)12/h3-4H,5H2,1-2H3. The lowest BCUT2D eigenvalue weighted by Crippen LogP contribution is -2.00. The first-order valence-electron chi connectivity index (χ1n) is 4.20. The maximum Gasteiger partial charge on any atom is 0.302 e. The molecule has 0 unspecified atom stereocenters. The molecule has 0 fully saturated rings. The molecule has 0 heterocycles. The van der Waals surface area contributed by atoms with E-state index in [2.05, 4.69) is 22.6 Å². The molecule has 1 aromatic rings. The van der Waals surface area contributed by atoms with E-state index < -0.39 is 0 Å². The number of rotatable bonds is 3. The van der Waals surface area contributed by atoms with Gasteiger partial charge in [0.15, 0.2) is 0 Å². The lowest BCUT2D eigenvalue weighted by Gasteiger charge is -2.08. The van der Waals surface area contributed by atoms with E-state index >= 15 is 0 Å². The first kappa shape index (κ1) is 13.1. The number of ether oxygens (including phenoxy) is 1. The van der Waals surface area contributed by atoms with E-state index in [0.29, 0.717) is 5.02 Å². The van der Waals surface area contributed by atoms with E-state index in [1.807, 2.05) is 18.4 Å². The highest BCUT2D eigenvalue weighted by atomic mass is 127. The summed E-state index contributed by atoms with van der Waals surface area (Å²) in [6, 6.07) is 3.84. The predicted molar refractivity (Wildman–Crippen MR) is 71.4 cm³/mol. The van der Waals surface area contributed by atoms with Crippen molar-refractivity contribution in [3.8, 4) is 0 Å². The summed E-state index contributed by atoms with van der Waals surface area (Å²) in [5, 5.41) is 0.699. The van der Waals surface area contributed by atoms with Crippen LogP contribution >= 0.6 is 46.0 Å². The Kier molecular flexibility index (Phi) is 5.22. The maximum atomic E-state index is 10.7. The molecule has 0 amide bonds. The largest absolute Gasteiger partial charge is 0.461 e. The van der Waals surface area contributed by atoms with Gasteiger partial charge in [0.05, 0.1) is 5.02 Å². The van der Waals surface area contributed by atoms with E-state index in [1.165, 1.54) is 6.92 Å². The Hall–Kier alpha value is 0.0600. The van der Waals surface area contributed by atoms with Crippen LogP contribution in [0.25, 0.3) is 0 Å². The highest BCUT2D eigenvalue weighted by Crippen LogP contribution is 2.29. The van der Waals surface area contributed by atoms with Crippen molar-refractivity contribution < 1.29 is 9.53 Å². The van der Waals surface area contributed by atoms with Crippen LogP contribution in [-0.2, 0) is 16.1 Å². The van der Waals surface area contributed by atoms with Gasteiger partial charge in [-0.15, -0.1) is 11.8 Å². The number of hydrogen-bond donors (Lipinski definition) is 0. The van der Waals surface area contributed by atoms with Crippen LogP contribution in [0.1, 0.15) is 12.5 Å². The van der Waals surface area contributed by atoms with E-state index in [-0.39, 0.29) is 12.6 Å². The quantitative estimate of drug-likeness (QED) is 0.469. The molecule has 0 N–H and O–H groups in total. The van der Waals surface area contributed by atoms with Gasteiger partial charge < -0.3 is 4.74 Å². The van der Waals surface area contributed by atoms with Crippen molar-refractivity contribution in [3.05, 3.63) is 26.3 Å². The van der Waals surface area contributed by atoms with Gasteiger partial charge in [0.1, 0.15) is 6.61 Å². The molecule has 0 aliphatic heterocycles. The number of carbonyl (C=O) groups excluding carboxylic acids is 1. The second-order valence-corrected chi connectivity index (χ2v) is 5.28. The fraction of sp³-hybridized carbons (Fsp3) is 0.300. The van der Waals surface area contributed by atoms with Crippen LogP contribution in [0, 0.1) is 3.57 Å². The van der Waals surface area contributed by atoms with Crippen molar-refractivity contribution in [1.29, 1.82) is 0 Å². The Bertz CT molecular complexity index is 382. The van der Waals surface area contributed by atoms with Gasteiger partial charge in [-0.05, 0) is 41.0 Å². The van der Waals surface area contributed by atoms with Gasteiger partial charge in [-0.2, -0.15) is 0 Å². The number of carbonyl (C=O) groups is 1. The molecule has 82 valence electrons. The Morgan fingerprint density at radius 2 is 2.27 bits per heavy atom. The first-order valence-corrected chi connectivity index (χ1v) is 6.88. The third kappa shape index (κ3) is 3.85. The second kappa shape index (κ2) is 5.96. The van der Waals surface area contributed by atoms with Crippen LogP contribution < -0.4 is 0 Å². The minimum atomic E-state index is -0.282. The molecule has 0 saturated heterocycles. The number of thioether (sulfide) groups is 1. The summed E-state index contributed by atoms with van der Waals surface area (Å²) >= 11 is 9.86. The van der Waals surface area contributed by atoms with Gasteiger partial charge in [-0.1, -0.05) is 11.6 Å². The monoisotopic (exact) mass is 356 g/mol. The van der Waals surface area contributed by atoms with Crippen LogP contribution in [0.15, 0.2) is 17.0 Å². The highest BCUT2D eigenvalue weighted by Gasteiger charge is 2.07. The van der Waals surface area contributed by atoms with Gasteiger partial charge in [-0.3, -0.25) is 4.79 Å². The van der Waals surface area contributed by atoms with Gasteiger partial charge in [-0.25, -0.2) is 0 Å². The second-order valence-electron chi connectivity index (χ2n) is 2.86. The predicted octanol–water partition coefficient (Wildman–Crippen LogP) is 3.73. The molecule has 0 bridgehead atoms. The Morgan fingerprint density at radius 3 is 2.80 bits per heavy atom. The Balaban J connectivity index is 2.90. The molecule has 0 aliphatic carbocycles. The molecule has 0 radical (unpaired) electrons. The van der Waals surface area contributed by atoms with Crippen molar-refractivity contribution in [3.63, 3.8) is 0 Å². The first-order chi connectivity index (χ1) is 7.04. The zero-order valence-electron chi connectivity index (χ0n) is 8.34. The minimum Gasteiger partial charge on any atom is -0.461 e. The van der Waals surface area contributed by atoms with Crippen molar-refractivity contribution in [2.45, 2.75) is 18.4 Å². The topological polar surface area (TPSA) is 26.3 Å². The van der Waals surface area contributed by atoms with Crippen molar-refractivity contribution in [2.75, 3.05) is 6.26 Å². The number of esters is 1. The molecule has 0 aromatic heterocycles. The van der Waals surface area contributed by atoms with Crippen LogP contribution in [0.4, 0.5) is 0 Å². The fourth-order valence-electron chi connectivity index (χ4n) is 1.02.